The quantitative estimate of drug-likeness (QED) is 0.855. The van der Waals surface area contributed by atoms with Crippen LogP contribution in [0.1, 0.15) is 41.7 Å². The van der Waals surface area contributed by atoms with E-state index >= 15 is 0 Å². The SMILES string of the molecule is CCOC(=O)c1[nH]c2c(F)cccc2c1C1CCNCC1. The molecule has 1 aliphatic heterocycles. The van der Waals surface area contributed by atoms with Crippen molar-refractivity contribution < 1.29 is 13.9 Å². The molecule has 3 rings (SSSR count). The van der Waals surface area contributed by atoms with Crippen LogP contribution in [-0.2, 0) is 4.74 Å². The predicted octanol–water partition coefficient (Wildman–Crippen LogP) is 2.95. The van der Waals surface area contributed by atoms with E-state index in [2.05, 4.69) is 10.3 Å². The van der Waals surface area contributed by atoms with Gasteiger partial charge in [0.2, 0.25) is 0 Å². The molecular formula is C16H19FN2O2. The number of hydrogen-bond donors (Lipinski definition) is 2. The molecule has 0 spiro atoms. The first-order valence-electron chi connectivity index (χ1n) is 7.40. The van der Waals surface area contributed by atoms with Crippen molar-refractivity contribution in [2.75, 3.05) is 19.7 Å². The molecule has 1 aliphatic rings. The summed E-state index contributed by atoms with van der Waals surface area (Å²) in [5, 5.41) is 4.11. The second-order valence-corrected chi connectivity index (χ2v) is 5.32. The fourth-order valence-electron chi connectivity index (χ4n) is 3.10. The maximum atomic E-state index is 14.0. The highest BCUT2D eigenvalue weighted by atomic mass is 19.1. The lowest BCUT2D eigenvalue weighted by Gasteiger charge is -2.23. The van der Waals surface area contributed by atoms with Gasteiger partial charge in [-0.05, 0) is 50.4 Å². The molecule has 1 fully saturated rings. The summed E-state index contributed by atoms with van der Waals surface area (Å²) in [5.74, 6) is -0.485. The highest BCUT2D eigenvalue weighted by molar-refractivity contribution is 5.99. The molecule has 1 saturated heterocycles. The number of piperidine rings is 1. The summed E-state index contributed by atoms with van der Waals surface area (Å²) in [6, 6.07) is 4.96. The van der Waals surface area contributed by atoms with Gasteiger partial charge in [0, 0.05) is 5.39 Å². The second-order valence-electron chi connectivity index (χ2n) is 5.32. The van der Waals surface area contributed by atoms with E-state index in [9.17, 15) is 9.18 Å². The molecule has 112 valence electrons. The van der Waals surface area contributed by atoms with Gasteiger partial charge in [0.25, 0.3) is 0 Å². The third-order valence-corrected chi connectivity index (χ3v) is 4.05. The molecule has 0 aliphatic carbocycles. The van der Waals surface area contributed by atoms with Crippen molar-refractivity contribution in [3.05, 3.63) is 35.3 Å². The number of nitrogens with one attached hydrogen (secondary N) is 2. The lowest BCUT2D eigenvalue weighted by Crippen LogP contribution is -2.27. The van der Waals surface area contributed by atoms with Gasteiger partial charge < -0.3 is 15.0 Å². The Kier molecular flexibility index (Phi) is 3.92. The molecule has 21 heavy (non-hydrogen) atoms. The summed E-state index contributed by atoms with van der Waals surface area (Å²) in [7, 11) is 0. The van der Waals surface area contributed by atoms with Gasteiger partial charge in [-0.15, -0.1) is 0 Å². The summed E-state index contributed by atoms with van der Waals surface area (Å²) < 4.78 is 19.1. The first-order valence-corrected chi connectivity index (χ1v) is 7.40. The summed E-state index contributed by atoms with van der Waals surface area (Å²) in [5.41, 5.74) is 1.71. The average molecular weight is 290 g/mol. The summed E-state index contributed by atoms with van der Waals surface area (Å²) in [6.45, 7) is 3.90. The van der Waals surface area contributed by atoms with Crippen LogP contribution in [0, 0.1) is 5.82 Å². The van der Waals surface area contributed by atoms with Crippen LogP contribution in [-0.4, -0.2) is 30.6 Å². The molecule has 1 aromatic carbocycles. The molecule has 2 heterocycles. The number of rotatable bonds is 3. The Morgan fingerprint density at radius 2 is 2.14 bits per heavy atom. The summed E-state index contributed by atoms with van der Waals surface area (Å²) in [4.78, 5) is 15.1. The minimum Gasteiger partial charge on any atom is -0.461 e. The first kappa shape index (κ1) is 14.1. The molecule has 0 radical (unpaired) electrons. The lowest BCUT2D eigenvalue weighted by atomic mass is 9.88. The van der Waals surface area contributed by atoms with Gasteiger partial charge in [-0.2, -0.15) is 0 Å². The van der Waals surface area contributed by atoms with Crippen LogP contribution in [0.15, 0.2) is 18.2 Å². The van der Waals surface area contributed by atoms with Gasteiger partial charge in [0.15, 0.2) is 0 Å². The number of fused-ring (bicyclic) bond motifs is 1. The lowest BCUT2D eigenvalue weighted by molar-refractivity contribution is 0.0518. The van der Waals surface area contributed by atoms with E-state index in [4.69, 9.17) is 4.74 Å². The number of H-pyrrole nitrogens is 1. The third kappa shape index (κ3) is 2.53. The van der Waals surface area contributed by atoms with Gasteiger partial charge in [-0.1, -0.05) is 12.1 Å². The maximum Gasteiger partial charge on any atom is 0.355 e. The van der Waals surface area contributed by atoms with Crippen LogP contribution in [0.5, 0.6) is 0 Å². The van der Waals surface area contributed by atoms with Crippen molar-refractivity contribution in [1.29, 1.82) is 0 Å². The van der Waals surface area contributed by atoms with E-state index in [0.717, 1.165) is 36.9 Å². The number of benzene rings is 1. The zero-order chi connectivity index (χ0) is 14.8. The van der Waals surface area contributed by atoms with Crippen molar-refractivity contribution in [2.45, 2.75) is 25.7 Å². The van der Waals surface area contributed by atoms with Crippen LogP contribution < -0.4 is 5.32 Å². The zero-order valence-corrected chi connectivity index (χ0v) is 12.0. The number of carbonyl (C=O) groups excluding carboxylic acids is 1. The molecule has 2 N–H and O–H groups in total. The fraction of sp³-hybridized carbons (Fsp3) is 0.438. The Labute approximate surface area is 122 Å². The Morgan fingerprint density at radius 1 is 1.38 bits per heavy atom. The van der Waals surface area contributed by atoms with Gasteiger partial charge in [-0.25, -0.2) is 9.18 Å². The highest BCUT2D eigenvalue weighted by Gasteiger charge is 2.27. The maximum absolute atomic E-state index is 14.0. The Bertz CT molecular complexity index is 660. The molecule has 0 atom stereocenters. The fourth-order valence-corrected chi connectivity index (χ4v) is 3.10. The number of hydrogen-bond acceptors (Lipinski definition) is 3. The molecule has 5 heteroatoms. The molecular weight excluding hydrogens is 271 g/mol. The van der Waals surface area contributed by atoms with Gasteiger partial charge >= 0.3 is 5.97 Å². The van der Waals surface area contributed by atoms with Gasteiger partial charge in [0.1, 0.15) is 11.5 Å². The molecule has 1 aromatic heterocycles. The average Bonchev–Trinajstić information content (AvgIpc) is 2.89. The molecule has 2 aromatic rings. The summed E-state index contributed by atoms with van der Waals surface area (Å²) >= 11 is 0. The first-order chi connectivity index (χ1) is 10.2. The topological polar surface area (TPSA) is 54.1 Å². The summed E-state index contributed by atoms with van der Waals surface area (Å²) in [6.07, 6.45) is 1.88. The van der Waals surface area contributed by atoms with Crippen molar-refractivity contribution in [2.24, 2.45) is 0 Å². The van der Waals surface area contributed by atoms with E-state index in [1.807, 2.05) is 6.07 Å². The van der Waals surface area contributed by atoms with Crippen LogP contribution in [0.3, 0.4) is 0 Å². The van der Waals surface area contributed by atoms with Crippen molar-refractivity contribution >= 4 is 16.9 Å². The molecule has 0 amide bonds. The third-order valence-electron chi connectivity index (χ3n) is 4.05. The number of halogens is 1. The standard InChI is InChI=1S/C16H19FN2O2/c1-2-21-16(20)15-13(10-6-8-18-9-7-10)11-4-3-5-12(17)14(11)19-15/h3-5,10,18-19H,2,6-9H2,1H3. The Morgan fingerprint density at radius 3 is 2.86 bits per heavy atom. The molecule has 4 nitrogen and oxygen atoms in total. The van der Waals surface area contributed by atoms with E-state index < -0.39 is 5.97 Å². The van der Waals surface area contributed by atoms with Crippen molar-refractivity contribution in [3.63, 3.8) is 0 Å². The predicted molar refractivity (Wildman–Crippen MR) is 79.1 cm³/mol. The van der Waals surface area contributed by atoms with Crippen LogP contribution in [0.2, 0.25) is 0 Å². The molecule has 0 saturated carbocycles. The minimum absolute atomic E-state index is 0.251. The van der Waals surface area contributed by atoms with Crippen LogP contribution >= 0.6 is 0 Å². The number of para-hydroxylation sites is 1. The number of aromatic amines is 1. The minimum atomic E-state index is -0.401. The smallest absolute Gasteiger partial charge is 0.355 e. The Hall–Kier alpha value is -1.88. The molecule has 0 unspecified atom stereocenters. The zero-order valence-electron chi connectivity index (χ0n) is 12.0. The highest BCUT2D eigenvalue weighted by Crippen LogP contribution is 2.35. The number of aromatic nitrogens is 1. The van der Waals surface area contributed by atoms with Crippen molar-refractivity contribution in [1.82, 2.24) is 10.3 Å². The Balaban J connectivity index is 2.15. The normalized spacial score (nSPS) is 16.3. The monoisotopic (exact) mass is 290 g/mol. The van der Waals surface area contributed by atoms with Crippen LogP contribution in [0.25, 0.3) is 10.9 Å². The van der Waals surface area contributed by atoms with Crippen molar-refractivity contribution in [3.8, 4) is 0 Å². The van der Waals surface area contributed by atoms with E-state index in [-0.39, 0.29) is 11.7 Å². The number of esters is 1. The number of ether oxygens (including phenoxy) is 1. The van der Waals surface area contributed by atoms with Crippen LogP contribution in [0.4, 0.5) is 4.39 Å². The van der Waals surface area contributed by atoms with Gasteiger partial charge in [0.05, 0.1) is 12.1 Å². The van der Waals surface area contributed by atoms with E-state index in [1.54, 1.807) is 13.0 Å². The van der Waals surface area contributed by atoms with Gasteiger partial charge in [-0.3, -0.25) is 0 Å². The number of carbonyl (C=O) groups is 1. The van der Waals surface area contributed by atoms with E-state index in [1.165, 1.54) is 6.07 Å². The largest absolute Gasteiger partial charge is 0.461 e. The van der Waals surface area contributed by atoms with E-state index in [0.29, 0.717) is 17.8 Å². The second kappa shape index (κ2) is 5.85. The molecule has 0 bridgehead atoms.